The van der Waals surface area contributed by atoms with E-state index in [4.69, 9.17) is 9.26 Å². The number of ether oxygens (including phenoxy) is 1. The van der Waals surface area contributed by atoms with Gasteiger partial charge in [-0.05, 0) is 19.8 Å². The number of rotatable bonds is 6. The number of hydrogen-bond acceptors (Lipinski definition) is 7. The zero-order valence-electron chi connectivity index (χ0n) is 14.3. The fourth-order valence-corrected chi connectivity index (χ4v) is 3.62. The molecule has 2 aromatic heterocycles. The number of thioether (sulfide) groups is 1. The number of benzene rings is 1. The lowest BCUT2D eigenvalue weighted by Gasteiger charge is -2.10. The van der Waals surface area contributed by atoms with E-state index in [0.29, 0.717) is 29.2 Å². The molecule has 4 rings (SSSR count). The van der Waals surface area contributed by atoms with Gasteiger partial charge in [0.05, 0.1) is 18.4 Å². The summed E-state index contributed by atoms with van der Waals surface area (Å²) in [6.07, 6.45) is 2.07. The van der Waals surface area contributed by atoms with E-state index in [-0.39, 0.29) is 11.8 Å². The minimum absolute atomic E-state index is 0.0706. The van der Waals surface area contributed by atoms with Gasteiger partial charge in [0.25, 0.3) is 0 Å². The van der Waals surface area contributed by atoms with Crippen molar-refractivity contribution in [2.24, 2.45) is 0 Å². The Hall–Kier alpha value is -2.39. The average Bonchev–Trinajstić information content (AvgIpc) is 3.38. The summed E-state index contributed by atoms with van der Waals surface area (Å²) in [6, 6.07) is 7.94. The van der Waals surface area contributed by atoms with Gasteiger partial charge in [-0.3, -0.25) is 4.57 Å². The number of nitrogens with zero attached hydrogens (tertiary/aromatic N) is 4. The summed E-state index contributed by atoms with van der Waals surface area (Å²) in [5, 5.41) is 11.2. The molecule has 1 aliphatic heterocycles. The lowest BCUT2D eigenvalue weighted by atomic mass is 10.1. The van der Waals surface area contributed by atoms with Crippen LogP contribution in [0.3, 0.4) is 0 Å². The number of aromatic amines is 1. The third-order valence-electron chi connectivity index (χ3n) is 4.24. The molecule has 1 atom stereocenters. The molecule has 26 heavy (non-hydrogen) atoms. The summed E-state index contributed by atoms with van der Waals surface area (Å²) in [5.74, 6) is 1.48. The molecule has 3 aromatic rings. The summed E-state index contributed by atoms with van der Waals surface area (Å²) in [7, 11) is 0. The SMILES string of the molecule is Cc1ccc(-c2noc(CSc3n[nH]c(=O)n3CC3CCCO3)n2)cc1. The molecule has 1 saturated heterocycles. The average molecular weight is 373 g/mol. The molecule has 136 valence electrons. The van der Waals surface area contributed by atoms with E-state index in [2.05, 4.69) is 20.3 Å². The third kappa shape index (κ3) is 3.73. The molecule has 1 N–H and O–H groups in total. The van der Waals surface area contributed by atoms with Gasteiger partial charge in [-0.2, -0.15) is 4.98 Å². The maximum absolute atomic E-state index is 12.0. The molecule has 8 nitrogen and oxygen atoms in total. The van der Waals surface area contributed by atoms with Crippen LogP contribution in [0, 0.1) is 6.92 Å². The lowest BCUT2D eigenvalue weighted by Crippen LogP contribution is -2.24. The molecule has 0 spiro atoms. The van der Waals surface area contributed by atoms with Crippen LogP contribution in [0.4, 0.5) is 0 Å². The number of aromatic nitrogens is 5. The molecule has 0 bridgehead atoms. The minimum atomic E-state index is -0.228. The number of aryl methyl sites for hydroxylation is 1. The predicted octanol–water partition coefficient (Wildman–Crippen LogP) is 2.40. The van der Waals surface area contributed by atoms with Crippen molar-refractivity contribution in [3.63, 3.8) is 0 Å². The maximum atomic E-state index is 12.0. The molecule has 0 radical (unpaired) electrons. The first-order valence-electron chi connectivity index (χ1n) is 8.48. The van der Waals surface area contributed by atoms with Crippen molar-refractivity contribution in [3.8, 4) is 11.4 Å². The Morgan fingerprint density at radius 2 is 2.19 bits per heavy atom. The van der Waals surface area contributed by atoms with Crippen LogP contribution in [0.2, 0.25) is 0 Å². The predicted molar refractivity (Wildman–Crippen MR) is 95.9 cm³/mol. The van der Waals surface area contributed by atoms with Crippen molar-refractivity contribution in [3.05, 3.63) is 46.2 Å². The summed E-state index contributed by atoms with van der Waals surface area (Å²) in [6.45, 7) is 3.29. The van der Waals surface area contributed by atoms with E-state index in [1.165, 1.54) is 17.3 Å². The third-order valence-corrected chi connectivity index (χ3v) is 5.20. The highest BCUT2D eigenvalue weighted by atomic mass is 32.2. The van der Waals surface area contributed by atoms with E-state index >= 15 is 0 Å². The van der Waals surface area contributed by atoms with Crippen molar-refractivity contribution in [1.29, 1.82) is 0 Å². The smallest absolute Gasteiger partial charge is 0.344 e. The molecule has 0 amide bonds. The van der Waals surface area contributed by atoms with Gasteiger partial charge < -0.3 is 9.26 Å². The molecule has 3 heterocycles. The van der Waals surface area contributed by atoms with Crippen molar-refractivity contribution in [2.45, 2.75) is 43.3 Å². The van der Waals surface area contributed by atoms with Gasteiger partial charge in [0.1, 0.15) is 0 Å². The van der Waals surface area contributed by atoms with Crippen LogP contribution in [0.25, 0.3) is 11.4 Å². The van der Waals surface area contributed by atoms with Crippen LogP contribution >= 0.6 is 11.8 Å². The van der Waals surface area contributed by atoms with Crippen LogP contribution in [0.5, 0.6) is 0 Å². The molecule has 1 fully saturated rings. The Morgan fingerprint density at radius 1 is 1.35 bits per heavy atom. The van der Waals surface area contributed by atoms with Crippen molar-refractivity contribution in [1.82, 2.24) is 24.9 Å². The standard InChI is InChI=1S/C17H19N5O3S/c1-11-4-6-12(7-5-11)15-18-14(25-21-15)10-26-17-20-19-16(23)22(17)9-13-3-2-8-24-13/h4-7,13H,2-3,8-10H2,1H3,(H,19,23). The van der Waals surface area contributed by atoms with Crippen LogP contribution in [-0.4, -0.2) is 37.6 Å². The second-order valence-electron chi connectivity index (χ2n) is 6.22. The van der Waals surface area contributed by atoms with Gasteiger partial charge in [0.15, 0.2) is 5.16 Å². The second-order valence-corrected chi connectivity index (χ2v) is 7.17. The fourth-order valence-electron chi connectivity index (χ4n) is 2.83. The van der Waals surface area contributed by atoms with E-state index in [1.807, 2.05) is 31.2 Å². The highest BCUT2D eigenvalue weighted by Crippen LogP contribution is 2.23. The van der Waals surface area contributed by atoms with Crippen LogP contribution < -0.4 is 5.69 Å². The first kappa shape index (κ1) is 17.0. The van der Waals surface area contributed by atoms with E-state index in [1.54, 1.807) is 4.57 Å². The molecule has 1 unspecified atom stereocenters. The molecular weight excluding hydrogens is 354 g/mol. The molecule has 0 aliphatic carbocycles. The van der Waals surface area contributed by atoms with Crippen molar-refractivity contribution in [2.75, 3.05) is 6.61 Å². The summed E-state index contributed by atoms with van der Waals surface area (Å²) < 4.78 is 12.5. The van der Waals surface area contributed by atoms with Gasteiger partial charge in [0, 0.05) is 12.2 Å². The van der Waals surface area contributed by atoms with Gasteiger partial charge in [-0.15, -0.1) is 5.10 Å². The topological polar surface area (TPSA) is 98.8 Å². The molecule has 1 aliphatic rings. The highest BCUT2D eigenvalue weighted by Gasteiger charge is 2.20. The highest BCUT2D eigenvalue weighted by molar-refractivity contribution is 7.98. The number of hydrogen-bond donors (Lipinski definition) is 1. The Balaban J connectivity index is 1.43. The van der Waals surface area contributed by atoms with Gasteiger partial charge in [-0.1, -0.05) is 46.7 Å². The van der Waals surface area contributed by atoms with Crippen LogP contribution in [0.1, 0.15) is 24.3 Å². The van der Waals surface area contributed by atoms with E-state index in [9.17, 15) is 4.79 Å². The first-order valence-corrected chi connectivity index (χ1v) is 9.47. The van der Waals surface area contributed by atoms with Gasteiger partial charge in [0.2, 0.25) is 11.7 Å². The summed E-state index contributed by atoms with van der Waals surface area (Å²) >= 11 is 1.38. The Kier molecular flexibility index (Phi) is 4.89. The zero-order valence-corrected chi connectivity index (χ0v) is 15.2. The first-order chi connectivity index (χ1) is 12.7. The zero-order chi connectivity index (χ0) is 17.9. The largest absolute Gasteiger partial charge is 0.376 e. The van der Waals surface area contributed by atoms with Crippen molar-refractivity contribution >= 4 is 11.8 Å². The van der Waals surface area contributed by atoms with E-state index < -0.39 is 0 Å². The lowest BCUT2D eigenvalue weighted by molar-refractivity contribution is 0.0941. The molecule has 9 heteroatoms. The minimum Gasteiger partial charge on any atom is -0.376 e. The van der Waals surface area contributed by atoms with Crippen LogP contribution in [0.15, 0.2) is 38.7 Å². The van der Waals surface area contributed by atoms with Crippen LogP contribution in [-0.2, 0) is 17.0 Å². The van der Waals surface area contributed by atoms with Crippen molar-refractivity contribution < 1.29 is 9.26 Å². The maximum Gasteiger partial charge on any atom is 0.344 e. The quantitative estimate of drug-likeness (QED) is 0.662. The second kappa shape index (κ2) is 7.46. The Labute approximate surface area is 154 Å². The Morgan fingerprint density at radius 3 is 2.96 bits per heavy atom. The molecule has 0 saturated carbocycles. The molecule has 1 aromatic carbocycles. The van der Waals surface area contributed by atoms with E-state index in [0.717, 1.165) is 25.0 Å². The summed E-state index contributed by atoms with van der Waals surface area (Å²) in [4.78, 5) is 16.4. The number of H-pyrrole nitrogens is 1. The molecular formula is C17H19N5O3S. The van der Waals surface area contributed by atoms with Gasteiger partial charge >= 0.3 is 5.69 Å². The number of nitrogens with one attached hydrogen (secondary N) is 1. The monoisotopic (exact) mass is 373 g/mol. The summed E-state index contributed by atoms with van der Waals surface area (Å²) in [5.41, 5.74) is 1.86. The van der Waals surface area contributed by atoms with Gasteiger partial charge in [-0.25, -0.2) is 9.89 Å². The fraction of sp³-hybridized carbons (Fsp3) is 0.412. The normalized spacial score (nSPS) is 17.0. The Bertz CT molecular complexity index is 925.